The van der Waals surface area contributed by atoms with E-state index >= 15 is 0 Å². The number of thioether (sulfide) groups is 1. The molecular weight excluding hydrogens is 381 g/mol. The van der Waals surface area contributed by atoms with Gasteiger partial charge in [0.25, 0.3) is 0 Å². The van der Waals surface area contributed by atoms with Crippen LogP contribution in [0.4, 0.5) is 4.39 Å². The Bertz CT molecular complexity index is 944. The number of nitrogens with one attached hydrogen (secondary N) is 1. The number of benzene rings is 2. The number of carbonyl (C=O) groups excluding carboxylic acids is 1. The fourth-order valence-electron chi connectivity index (χ4n) is 2.56. The van der Waals surface area contributed by atoms with Crippen molar-refractivity contribution in [1.82, 2.24) is 20.2 Å². The molecule has 1 heterocycles. The lowest BCUT2D eigenvalue weighted by Gasteiger charge is -2.14. The first-order valence-corrected chi connectivity index (χ1v) is 9.49. The summed E-state index contributed by atoms with van der Waals surface area (Å²) in [6.07, 6.45) is 0. The number of aromatic nitrogens is 3. The maximum absolute atomic E-state index is 13.0. The molecule has 7 nitrogen and oxygen atoms in total. The molecule has 0 aliphatic heterocycles. The van der Waals surface area contributed by atoms with Crippen LogP contribution in [-0.4, -0.2) is 33.6 Å². The Kier molecular flexibility index (Phi) is 6.15. The van der Waals surface area contributed by atoms with E-state index in [1.54, 1.807) is 31.4 Å². The monoisotopic (exact) mass is 401 g/mol. The van der Waals surface area contributed by atoms with Gasteiger partial charge in [-0.1, -0.05) is 23.9 Å². The van der Waals surface area contributed by atoms with E-state index < -0.39 is 0 Å². The van der Waals surface area contributed by atoms with E-state index in [1.165, 1.54) is 28.6 Å². The fourth-order valence-corrected chi connectivity index (χ4v) is 3.23. The van der Waals surface area contributed by atoms with Crippen LogP contribution >= 0.6 is 11.8 Å². The van der Waals surface area contributed by atoms with Crippen LogP contribution in [0.2, 0.25) is 0 Å². The molecule has 3 rings (SSSR count). The van der Waals surface area contributed by atoms with E-state index in [1.807, 2.05) is 19.1 Å². The third kappa shape index (κ3) is 4.61. The number of hydrogen-bond acceptors (Lipinski definition) is 6. The van der Waals surface area contributed by atoms with E-state index in [-0.39, 0.29) is 23.5 Å². The number of rotatable bonds is 7. The number of halogens is 1. The summed E-state index contributed by atoms with van der Waals surface area (Å²) in [6, 6.07) is 13.1. The van der Waals surface area contributed by atoms with Crippen LogP contribution in [0.5, 0.6) is 5.75 Å². The van der Waals surface area contributed by atoms with Gasteiger partial charge in [-0.05, 0) is 48.9 Å². The molecule has 0 unspecified atom stereocenters. The Labute approximate surface area is 166 Å². The highest BCUT2D eigenvalue weighted by Gasteiger charge is 2.15. The molecule has 0 fully saturated rings. The Morgan fingerprint density at radius 3 is 2.54 bits per heavy atom. The number of nitrogens with zero attached hydrogens (tertiary/aromatic N) is 3. The molecule has 0 aliphatic carbocycles. The SMILES string of the molecule is COc1ccc(-c2nnc(SCC(=O)N[C@H](C)c3ccc(F)cc3)n2N)cc1. The number of hydrogen-bond donors (Lipinski definition) is 2. The average Bonchev–Trinajstić information content (AvgIpc) is 3.07. The van der Waals surface area contributed by atoms with Gasteiger partial charge in [0.15, 0.2) is 5.82 Å². The van der Waals surface area contributed by atoms with Gasteiger partial charge >= 0.3 is 0 Å². The molecule has 2 aromatic carbocycles. The third-order valence-electron chi connectivity index (χ3n) is 4.09. The van der Waals surface area contributed by atoms with Crippen molar-refractivity contribution in [3.63, 3.8) is 0 Å². The molecule has 1 amide bonds. The van der Waals surface area contributed by atoms with E-state index in [2.05, 4.69) is 15.5 Å². The molecule has 0 radical (unpaired) electrons. The number of amides is 1. The second-order valence-corrected chi connectivity index (χ2v) is 6.98. The summed E-state index contributed by atoms with van der Waals surface area (Å²) in [5.41, 5.74) is 1.61. The predicted octanol–water partition coefficient (Wildman–Crippen LogP) is 2.78. The van der Waals surface area contributed by atoms with Gasteiger partial charge in [0.2, 0.25) is 11.1 Å². The largest absolute Gasteiger partial charge is 0.497 e. The molecule has 146 valence electrons. The lowest BCUT2D eigenvalue weighted by atomic mass is 10.1. The van der Waals surface area contributed by atoms with Crippen molar-refractivity contribution >= 4 is 17.7 Å². The maximum atomic E-state index is 13.0. The molecule has 0 spiro atoms. The normalized spacial score (nSPS) is 11.8. The zero-order valence-electron chi connectivity index (χ0n) is 15.4. The van der Waals surface area contributed by atoms with Crippen LogP contribution in [0.25, 0.3) is 11.4 Å². The summed E-state index contributed by atoms with van der Waals surface area (Å²) in [4.78, 5) is 12.2. The molecule has 3 N–H and O–H groups in total. The van der Waals surface area contributed by atoms with Crippen LogP contribution < -0.4 is 15.9 Å². The van der Waals surface area contributed by atoms with Gasteiger partial charge < -0.3 is 15.9 Å². The summed E-state index contributed by atoms with van der Waals surface area (Å²) in [6.45, 7) is 1.84. The Balaban J connectivity index is 1.59. The fraction of sp³-hybridized carbons (Fsp3) is 0.211. The summed E-state index contributed by atoms with van der Waals surface area (Å²) >= 11 is 1.19. The Morgan fingerprint density at radius 1 is 1.21 bits per heavy atom. The number of carbonyl (C=O) groups is 1. The number of nitrogens with two attached hydrogens (primary N) is 1. The summed E-state index contributed by atoms with van der Waals surface area (Å²) < 4.78 is 19.5. The second-order valence-electron chi connectivity index (χ2n) is 6.03. The summed E-state index contributed by atoms with van der Waals surface area (Å²) in [5.74, 6) is 6.92. The van der Waals surface area contributed by atoms with Crippen LogP contribution in [0, 0.1) is 5.82 Å². The van der Waals surface area contributed by atoms with Crippen molar-refractivity contribution in [1.29, 1.82) is 0 Å². The molecule has 0 saturated heterocycles. The smallest absolute Gasteiger partial charge is 0.230 e. The molecule has 9 heteroatoms. The van der Waals surface area contributed by atoms with E-state index in [0.717, 1.165) is 16.9 Å². The molecule has 1 aromatic heterocycles. The molecule has 28 heavy (non-hydrogen) atoms. The predicted molar refractivity (Wildman–Crippen MR) is 106 cm³/mol. The lowest BCUT2D eigenvalue weighted by Crippen LogP contribution is -2.28. The standard InChI is InChI=1S/C19H20FN5O2S/c1-12(13-3-7-15(20)8-4-13)22-17(26)11-28-19-24-23-18(25(19)21)14-5-9-16(27-2)10-6-14/h3-10,12H,11,21H2,1-2H3,(H,22,26)/t12-/m1/s1. The van der Waals surface area contributed by atoms with Crippen LogP contribution in [0.3, 0.4) is 0 Å². The molecule has 0 aliphatic rings. The van der Waals surface area contributed by atoms with Gasteiger partial charge in [0.05, 0.1) is 18.9 Å². The third-order valence-corrected chi connectivity index (χ3v) is 5.04. The van der Waals surface area contributed by atoms with E-state index in [4.69, 9.17) is 10.6 Å². The minimum absolute atomic E-state index is 0.128. The highest BCUT2D eigenvalue weighted by Crippen LogP contribution is 2.23. The molecular formula is C19H20FN5O2S. The topological polar surface area (TPSA) is 95.1 Å². The Hall–Kier alpha value is -3.07. The summed E-state index contributed by atoms with van der Waals surface area (Å²) in [5, 5.41) is 11.4. The van der Waals surface area contributed by atoms with Crippen molar-refractivity contribution in [3.8, 4) is 17.1 Å². The van der Waals surface area contributed by atoms with Gasteiger partial charge in [-0.25, -0.2) is 9.07 Å². The lowest BCUT2D eigenvalue weighted by molar-refractivity contribution is -0.119. The first-order chi connectivity index (χ1) is 13.5. The van der Waals surface area contributed by atoms with Crippen molar-refractivity contribution in [3.05, 3.63) is 59.9 Å². The number of ether oxygens (including phenoxy) is 1. The quantitative estimate of drug-likeness (QED) is 0.467. The van der Waals surface area contributed by atoms with Crippen LogP contribution in [0.1, 0.15) is 18.5 Å². The highest BCUT2D eigenvalue weighted by molar-refractivity contribution is 7.99. The average molecular weight is 401 g/mol. The zero-order valence-corrected chi connectivity index (χ0v) is 16.2. The van der Waals surface area contributed by atoms with Crippen LogP contribution in [0.15, 0.2) is 53.7 Å². The number of nitrogen functional groups attached to an aromatic ring is 1. The zero-order chi connectivity index (χ0) is 20.1. The van der Waals surface area contributed by atoms with Gasteiger partial charge in [0, 0.05) is 5.56 Å². The minimum Gasteiger partial charge on any atom is -0.497 e. The maximum Gasteiger partial charge on any atom is 0.230 e. The summed E-state index contributed by atoms with van der Waals surface area (Å²) in [7, 11) is 1.59. The van der Waals surface area contributed by atoms with Crippen molar-refractivity contribution in [2.24, 2.45) is 0 Å². The number of methoxy groups -OCH3 is 1. The van der Waals surface area contributed by atoms with Crippen molar-refractivity contribution < 1.29 is 13.9 Å². The van der Waals surface area contributed by atoms with Gasteiger partial charge in [-0.3, -0.25) is 4.79 Å². The minimum atomic E-state index is -0.312. The van der Waals surface area contributed by atoms with Gasteiger partial charge in [-0.2, -0.15) is 0 Å². The van der Waals surface area contributed by atoms with Gasteiger partial charge in [0.1, 0.15) is 11.6 Å². The van der Waals surface area contributed by atoms with Crippen molar-refractivity contribution in [2.45, 2.75) is 18.1 Å². The molecule has 0 bridgehead atoms. The molecule has 1 atom stereocenters. The van der Waals surface area contributed by atoms with Gasteiger partial charge in [-0.15, -0.1) is 10.2 Å². The van der Waals surface area contributed by atoms with E-state index in [9.17, 15) is 9.18 Å². The molecule has 3 aromatic rings. The first kappa shape index (κ1) is 19.7. The van der Waals surface area contributed by atoms with E-state index in [0.29, 0.717) is 11.0 Å². The molecule has 0 saturated carbocycles. The Morgan fingerprint density at radius 2 is 1.89 bits per heavy atom. The van der Waals surface area contributed by atoms with Crippen LogP contribution in [-0.2, 0) is 4.79 Å². The first-order valence-electron chi connectivity index (χ1n) is 8.50. The van der Waals surface area contributed by atoms with Crippen molar-refractivity contribution in [2.75, 3.05) is 18.7 Å². The second kappa shape index (κ2) is 8.75. The highest BCUT2D eigenvalue weighted by atomic mass is 32.2.